The Bertz CT molecular complexity index is 291. The van der Waals surface area contributed by atoms with Crippen LogP contribution in [0.4, 0.5) is 0 Å². The highest BCUT2D eigenvalue weighted by atomic mass is 15.1. The van der Waals surface area contributed by atoms with E-state index in [9.17, 15) is 0 Å². The van der Waals surface area contributed by atoms with Crippen molar-refractivity contribution in [2.45, 2.75) is 13.8 Å². The van der Waals surface area contributed by atoms with Crippen molar-refractivity contribution in [3.05, 3.63) is 16.8 Å². The Morgan fingerprint density at radius 2 is 2.33 bits per heavy atom. The van der Waals surface area contributed by atoms with Crippen molar-refractivity contribution in [3.8, 4) is 0 Å². The molecule has 48 valence electrons. The van der Waals surface area contributed by atoms with Gasteiger partial charge >= 0.3 is 0 Å². The zero-order chi connectivity index (χ0) is 6.85. The molecule has 0 fully saturated rings. The molecule has 0 saturated heterocycles. The predicted molar refractivity (Wildman–Crippen MR) is 38.1 cm³/mol. The summed E-state index contributed by atoms with van der Waals surface area (Å²) in [6.45, 7) is 7.85. The van der Waals surface area contributed by atoms with Crippen molar-refractivity contribution in [2.75, 3.05) is 0 Å². The van der Waals surface area contributed by atoms with E-state index in [1.807, 2.05) is 13.8 Å². The van der Waals surface area contributed by atoms with E-state index in [4.69, 9.17) is 0 Å². The van der Waals surface area contributed by atoms with Gasteiger partial charge in [0.1, 0.15) is 0 Å². The number of nitrogens with zero attached hydrogens (tertiary/aromatic N) is 1. The van der Waals surface area contributed by atoms with Crippen LogP contribution < -0.4 is 10.6 Å². The van der Waals surface area contributed by atoms with Crippen LogP contribution in [0, 0.1) is 0 Å². The Balaban J connectivity index is 3.60. The molecule has 0 radical (unpaired) electrons. The van der Waals surface area contributed by atoms with Gasteiger partial charge in [0, 0.05) is 5.22 Å². The van der Waals surface area contributed by atoms with E-state index in [0.29, 0.717) is 0 Å². The molecule has 1 heterocycles. The lowest BCUT2D eigenvalue weighted by atomic mass is 10.3. The minimum absolute atomic E-state index is 0.898. The molecule has 1 N–H and O–H groups in total. The molecule has 0 atom stereocenters. The molecule has 1 rings (SSSR count). The van der Waals surface area contributed by atoms with Crippen LogP contribution in [0.1, 0.15) is 13.8 Å². The third-order valence-corrected chi connectivity index (χ3v) is 1.26. The molecular weight excluding hydrogens is 112 g/mol. The number of nitrogens with one attached hydrogen (secondary N) is 1. The van der Waals surface area contributed by atoms with E-state index in [-0.39, 0.29) is 0 Å². The summed E-state index contributed by atoms with van der Waals surface area (Å²) >= 11 is 0. The predicted octanol–water partition coefficient (Wildman–Crippen LogP) is 0.0105. The molecule has 1 aromatic heterocycles. The number of aromatic amines is 1. The Morgan fingerprint density at radius 1 is 1.67 bits per heavy atom. The molecule has 0 bridgehead atoms. The van der Waals surface area contributed by atoms with Crippen molar-refractivity contribution in [2.24, 2.45) is 0 Å². The summed E-state index contributed by atoms with van der Waals surface area (Å²) in [6, 6.07) is 0. The normalized spacial score (nSPS) is 9.56. The summed E-state index contributed by atoms with van der Waals surface area (Å²) in [5, 5.41) is 8.62. The molecule has 0 aliphatic carbocycles. The average Bonchev–Trinajstić information content (AvgIpc) is 2.13. The highest BCUT2D eigenvalue weighted by Crippen LogP contribution is 1.79. The van der Waals surface area contributed by atoms with Crippen LogP contribution in [-0.2, 0) is 0 Å². The highest BCUT2D eigenvalue weighted by Gasteiger charge is 1.84. The molecule has 0 amide bonds. The van der Waals surface area contributed by atoms with Crippen molar-refractivity contribution in [3.63, 3.8) is 0 Å². The zero-order valence-electron chi connectivity index (χ0n) is 5.73. The van der Waals surface area contributed by atoms with Gasteiger partial charge in [-0.25, -0.2) is 0 Å². The van der Waals surface area contributed by atoms with E-state index < -0.39 is 0 Å². The molecule has 1 aromatic rings. The maximum atomic E-state index is 3.83. The van der Waals surface area contributed by atoms with E-state index in [2.05, 4.69) is 16.8 Å². The number of H-pyrrole nitrogens is 1. The van der Waals surface area contributed by atoms with Crippen LogP contribution in [0.2, 0.25) is 0 Å². The van der Waals surface area contributed by atoms with Gasteiger partial charge in [0.25, 0.3) is 0 Å². The van der Waals surface area contributed by atoms with Crippen molar-refractivity contribution in [1.82, 2.24) is 10.2 Å². The van der Waals surface area contributed by atoms with Gasteiger partial charge in [-0.1, -0.05) is 12.2 Å². The van der Waals surface area contributed by atoms with Crippen molar-refractivity contribution >= 4 is 12.2 Å². The summed E-state index contributed by atoms with van der Waals surface area (Å²) in [5.74, 6) is 0. The smallest absolute Gasteiger partial charge is 0.0577 e. The van der Waals surface area contributed by atoms with Crippen molar-refractivity contribution < 1.29 is 0 Å². The van der Waals surface area contributed by atoms with Crippen LogP contribution in [0.25, 0.3) is 12.2 Å². The first kappa shape index (κ1) is 6.08. The van der Waals surface area contributed by atoms with Crippen LogP contribution in [0.5, 0.6) is 0 Å². The van der Waals surface area contributed by atoms with E-state index in [1.165, 1.54) is 5.57 Å². The largest absolute Gasteiger partial charge is 0.278 e. The first-order chi connectivity index (χ1) is 4.22. The van der Waals surface area contributed by atoms with Crippen LogP contribution in [-0.4, -0.2) is 10.2 Å². The fourth-order valence-electron chi connectivity index (χ4n) is 0.744. The maximum Gasteiger partial charge on any atom is 0.0577 e. The Hall–Kier alpha value is -1.05. The molecule has 2 heteroatoms. The van der Waals surface area contributed by atoms with Gasteiger partial charge in [-0.2, -0.15) is 5.10 Å². The summed E-state index contributed by atoms with van der Waals surface area (Å²) in [7, 11) is 0. The fraction of sp³-hybridized carbons (Fsp3) is 0.286. The van der Waals surface area contributed by atoms with Gasteiger partial charge in [-0.05, 0) is 13.8 Å². The first-order valence-electron chi connectivity index (χ1n) is 2.87. The molecule has 9 heavy (non-hydrogen) atoms. The highest BCUT2D eigenvalue weighted by molar-refractivity contribution is 5.37. The second-order valence-corrected chi connectivity index (χ2v) is 2.26. The second-order valence-electron chi connectivity index (χ2n) is 2.26. The van der Waals surface area contributed by atoms with E-state index in [0.717, 1.165) is 10.6 Å². The fourth-order valence-corrected chi connectivity index (χ4v) is 0.744. The topological polar surface area (TPSA) is 28.7 Å². The summed E-state index contributed by atoms with van der Waals surface area (Å²) in [6.07, 6.45) is 1.79. The van der Waals surface area contributed by atoms with Crippen LogP contribution in [0.15, 0.2) is 6.20 Å². The standard InChI is InChI=1S/C7H10N2/c1-5(2)7-4-8-9-6(7)3/h4,9H,3H2,1-2H3. The Labute approximate surface area is 53.9 Å². The molecule has 0 unspecified atom stereocenters. The lowest BCUT2D eigenvalue weighted by Crippen LogP contribution is -2.21. The SMILES string of the molecule is C=c1[nH]ncc1=C(C)C. The van der Waals surface area contributed by atoms with Gasteiger partial charge in [0.05, 0.1) is 11.5 Å². The van der Waals surface area contributed by atoms with Gasteiger partial charge < -0.3 is 0 Å². The first-order valence-corrected chi connectivity index (χ1v) is 2.87. The number of rotatable bonds is 0. The Morgan fingerprint density at radius 3 is 2.56 bits per heavy atom. The molecule has 0 aliphatic heterocycles. The van der Waals surface area contributed by atoms with E-state index >= 15 is 0 Å². The molecule has 0 saturated carbocycles. The third-order valence-electron chi connectivity index (χ3n) is 1.26. The average molecular weight is 122 g/mol. The number of aromatic nitrogens is 2. The monoisotopic (exact) mass is 122 g/mol. The van der Waals surface area contributed by atoms with Crippen LogP contribution in [0.3, 0.4) is 0 Å². The minimum Gasteiger partial charge on any atom is -0.278 e. The van der Waals surface area contributed by atoms with E-state index in [1.54, 1.807) is 6.20 Å². The maximum absolute atomic E-state index is 3.83. The minimum atomic E-state index is 0.898. The van der Waals surface area contributed by atoms with Gasteiger partial charge in [0.15, 0.2) is 0 Å². The Kier molecular flexibility index (Phi) is 1.39. The zero-order valence-corrected chi connectivity index (χ0v) is 5.73. The lowest BCUT2D eigenvalue weighted by Gasteiger charge is -1.79. The molecule has 2 nitrogen and oxygen atoms in total. The molecule has 0 aliphatic rings. The third kappa shape index (κ3) is 1.02. The van der Waals surface area contributed by atoms with Crippen LogP contribution >= 0.6 is 0 Å². The molecular formula is C7H10N2. The molecule has 0 spiro atoms. The second kappa shape index (κ2) is 2.05. The summed E-state index contributed by atoms with van der Waals surface area (Å²) in [5.41, 5.74) is 1.24. The lowest BCUT2D eigenvalue weighted by molar-refractivity contribution is 1.06. The number of hydrogen-bond acceptors (Lipinski definition) is 1. The van der Waals surface area contributed by atoms with Gasteiger partial charge in [-0.15, -0.1) is 0 Å². The summed E-state index contributed by atoms with van der Waals surface area (Å²) < 4.78 is 0. The van der Waals surface area contributed by atoms with Crippen molar-refractivity contribution in [1.29, 1.82) is 0 Å². The van der Waals surface area contributed by atoms with Gasteiger partial charge in [0.2, 0.25) is 0 Å². The quantitative estimate of drug-likeness (QED) is 0.516. The number of hydrogen-bond donors (Lipinski definition) is 1. The summed E-state index contributed by atoms with van der Waals surface area (Å²) in [4.78, 5) is 0. The van der Waals surface area contributed by atoms with Gasteiger partial charge in [-0.3, -0.25) is 5.10 Å². The molecule has 0 aromatic carbocycles.